The lowest BCUT2D eigenvalue weighted by Crippen LogP contribution is -2.22. The summed E-state index contributed by atoms with van der Waals surface area (Å²) in [4.78, 5) is 4.19. The molecule has 1 aromatic heterocycles. The largest absolute Gasteiger partial charge is 0.497 e. The lowest BCUT2D eigenvalue weighted by Gasteiger charge is -2.14. The molecule has 0 aliphatic heterocycles. The van der Waals surface area contributed by atoms with Gasteiger partial charge in [0.2, 0.25) is 0 Å². The van der Waals surface area contributed by atoms with Crippen LogP contribution in [0.2, 0.25) is 0 Å². The molecule has 0 bridgehead atoms. The SMILES string of the molecule is COc1ccc(-c2cccnc2)c(CNC(C)C)c1. The molecule has 100 valence electrons. The van der Waals surface area contributed by atoms with Crippen LogP contribution in [0, 0.1) is 0 Å². The maximum absolute atomic E-state index is 5.31. The molecule has 2 aromatic rings. The Balaban J connectivity index is 2.36. The van der Waals surface area contributed by atoms with Gasteiger partial charge in [-0.2, -0.15) is 0 Å². The van der Waals surface area contributed by atoms with Crippen molar-refractivity contribution in [2.24, 2.45) is 0 Å². The highest BCUT2D eigenvalue weighted by Gasteiger charge is 2.07. The molecule has 0 aliphatic rings. The van der Waals surface area contributed by atoms with Crippen molar-refractivity contribution in [3.8, 4) is 16.9 Å². The second kappa shape index (κ2) is 6.34. The molecule has 1 N–H and O–H groups in total. The number of hydrogen-bond acceptors (Lipinski definition) is 3. The van der Waals surface area contributed by atoms with Gasteiger partial charge in [-0.25, -0.2) is 0 Å². The summed E-state index contributed by atoms with van der Waals surface area (Å²) in [6.45, 7) is 5.10. The molecular weight excluding hydrogens is 236 g/mol. The summed E-state index contributed by atoms with van der Waals surface area (Å²) in [7, 11) is 1.69. The van der Waals surface area contributed by atoms with Crippen LogP contribution in [0.1, 0.15) is 19.4 Å². The van der Waals surface area contributed by atoms with Gasteiger partial charge in [-0.1, -0.05) is 26.0 Å². The van der Waals surface area contributed by atoms with Crippen LogP contribution in [0.15, 0.2) is 42.7 Å². The molecule has 0 amide bonds. The molecule has 0 aliphatic carbocycles. The number of ether oxygens (including phenoxy) is 1. The molecule has 0 spiro atoms. The Morgan fingerprint density at radius 1 is 1.26 bits per heavy atom. The summed E-state index contributed by atoms with van der Waals surface area (Å²) in [5, 5.41) is 3.45. The van der Waals surface area contributed by atoms with Gasteiger partial charge in [0.25, 0.3) is 0 Å². The van der Waals surface area contributed by atoms with Crippen LogP contribution in [0.5, 0.6) is 5.75 Å². The summed E-state index contributed by atoms with van der Waals surface area (Å²) in [5.74, 6) is 0.883. The predicted octanol–water partition coefficient (Wildman–Crippen LogP) is 3.26. The van der Waals surface area contributed by atoms with Crippen molar-refractivity contribution in [3.63, 3.8) is 0 Å². The van der Waals surface area contributed by atoms with Crippen molar-refractivity contribution in [1.82, 2.24) is 10.3 Å². The first kappa shape index (κ1) is 13.6. The lowest BCUT2D eigenvalue weighted by atomic mass is 10.0. The molecule has 19 heavy (non-hydrogen) atoms. The molecule has 1 heterocycles. The predicted molar refractivity (Wildman–Crippen MR) is 78.2 cm³/mol. The molecule has 0 saturated heterocycles. The van der Waals surface area contributed by atoms with Gasteiger partial charge < -0.3 is 10.1 Å². The van der Waals surface area contributed by atoms with Crippen molar-refractivity contribution in [2.75, 3.05) is 7.11 Å². The molecule has 2 rings (SSSR count). The molecule has 0 atom stereocenters. The van der Waals surface area contributed by atoms with Crippen molar-refractivity contribution in [1.29, 1.82) is 0 Å². The van der Waals surface area contributed by atoms with Crippen LogP contribution in [-0.4, -0.2) is 18.1 Å². The Kier molecular flexibility index (Phi) is 4.53. The number of nitrogens with zero attached hydrogens (tertiary/aromatic N) is 1. The van der Waals surface area contributed by atoms with Gasteiger partial charge >= 0.3 is 0 Å². The highest BCUT2D eigenvalue weighted by molar-refractivity contribution is 5.67. The average molecular weight is 256 g/mol. The van der Waals surface area contributed by atoms with Crippen molar-refractivity contribution in [2.45, 2.75) is 26.4 Å². The number of benzene rings is 1. The average Bonchev–Trinajstić information content (AvgIpc) is 2.45. The minimum absolute atomic E-state index is 0.452. The van der Waals surface area contributed by atoms with Gasteiger partial charge in [0, 0.05) is 30.5 Å². The molecule has 0 saturated carbocycles. The van der Waals surface area contributed by atoms with Crippen LogP contribution in [-0.2, 0) is 6.54 Å². The number of methoxy groups -OCH3 is 1. The molecule has 3 heteroatoms. The number of pyridine rings is 1. The van der Waals surface area contributed by atoms with Gasteiger partial charge in [-0.15, -0.1) is 0 Å². The molecule has 3 nitrogen and oxygen atoms in total. The number of nitrogens with one attached hydrogen (secondary N) is 1. The van der Waals surface area contributed by atoms with Crippen LogP contribution in [0.25, 0.3) is 11.1 Å². The fourth-order valence-corrected chi connectivity index (χ4v) is 1.96. The Morgan fingerprint density at radius 3 is 2.74 bits per heavy atom. The third-order valence-electron chi connectivity index (χ3n) is 2.99. The first-order valence-electron chi connectivity index (χ1n) is 6.51. The minimum atomic E-state index is 0.452. The van der Waals surface area contributed by atoms with E-state index < -0.39 is 0 Å². The van der Waals surface area contributed by atoms with E-state index in [4.69, 9.17) is 4.74 Å². The summed E-state index contributed by atoms with van der Waals surface area (Å²) >= 11 is 0. The summed E-state index contributed by atoms with van der Waals surface area (Å²) in [6, 6.07) is 10.6. The normalized spacial score (nSPS) is 10.7. The molecular formula is C16H20N2O. The van der Waals surface area contributed by atoms with E-state index in [9.17, 15) is 0 Å². The van der Waals surface area contributed by atoms with Crippen LogP contribution in [0.4, 0.5) is 0 Å². The van der Waals surface area contributed by atoms with E-state index in [1.165, 1.54) is 11.1 Å². The quantitative estimate of drug-likeness (QED) is 0.891. The number of aromatic nitrogens is 1. The highest BCUT2D eigenvalue weighted by Crippen LogP contribution is 2.26. The number of rotatable bonds is 5. The molecule has 1 aromatic carbocycles. The van der Waals surface area contributed by atoms with Gasteiger partial charge in [-0.3, -0.25) is 4.98 Å². The van der Waals surface area contributed by atoms with E-state index in [-0.39, 0.29) is 0 Å². The molecule has 0 radical (unpaired) electrons. The van der Waals surface area contributed by atoms with Crippen molar-refractivity contribution >= 4 is 0 Å². The van der Waals surface area contributed by atoms with E-state index in [0.717, 1.165) is 17.9 Å². The monoisotopic (exact) mass is 256 g/mol. The molecule has 0 fully saturated rings. The first-order valence-corrected chi connectivity index (χ1v) is 6.51. The first-order chi connectivity index (χ1) is 9.20. The van der Waals surface area contributed by atoms with Crippen molar-refractivity contribution < 1.29 is 4.74 Å². The Hall–Kier alpha value is -1.87. The van der Waals surface area contributed by atoms with E-state index >= 15 is 0 Å². The smallest absolute Gasteiger partial charge is 0.119 e. The molecule has 0 unspecified atom stereocenters. The zero-order chi connectivity index (χ0) is 13.7. The third kappa shape index (κ3) is 3.55. The van der Waals surface area contributed by atoms with Crippen molar-refractivity contribution in [3.05, 3.63) is 48.3 Å². The minimum Gasteiger partial charge on any atom is -0.497 e. The number of hydrogen-bond donors (Lipinski definition) is 1. The maximum atomic E-state index is 5.31. The summed E-state index contributed by atoms with van der Waals surface area (Å²) in [5.41, 5.74) is 3.55. The zero-order valence-corrected chi connectivity index (χ0v) is 11.7. The lowest BCUT2D eigenvalue weighted by molar-refractivity contribution is 0.414. The Bertz CT molecular complexity index is 524. The second-order valence-corrected chi connectivity index (χ2v) is 4.80. The summed E-state index contributed by atoms with van der Waals surface area (Å²) < 4.78 is 5.31. The summed E-state index contributed by atoms with van der Waals surface area (Å²) in [6.07, 6.45) is 3.68. The van der Waals surface area contributed by atoms with Gasteiger partial charge in [0.1, 0.15) is 5.75 Å². The fourth-order valence-electron chi connectivity index (χ4n) is 1.96. The van der Waals surface area contributed by atoms with E-state index in [2.05, 4.69) is 42.3 Å². The Morgan fingerprint density at radius 2 is 2.11 bits per heavy atom. The zero-order valence-electron chi connectivity index (χ0n) is 11.7. The van der Waals surface area contributed by atoms with Gasteiger partial charge in [-0.05, 0) is 29.3 Å². The standard InChI is InChI=1S/C16H20N2O/c1-12(2)18-11-14-9-15(19-3)6-7-16(14)13-5-4-8-17-10-13/h4-10,12,18H,11H2,1-3H3. The second-order valence-electron chi connectivity index (χ2n) is 4.80. The van der Waals surface area contributed by atoms with E-state index in [1.54, 1.807) is 13.3 Å². The van der Waals surface area contributed by atoms with Gasteiger partial charge in [0.15, 0.2) is 0 Å². The Labute approximate surface area is 114 Å². The van der Waals surface area contributed by atoms with E-state index in [0.29, 0.717) is 6.04 Å². The van der Waals surface area contributed by atoms with Crippen LogP contribution in [0.3, 0.4) is 0 Å². The van der Waals surface area contributed by atoms with Crippen LogP contribution < -0.4 is 10.1 Å². The topological polar surface area (TPSA) is 34.1 Å². The highest BCUT2D eigenvalue weighted by atomic mass is 16.5. The third-order valence-corrected chi connectivity index (χ3v) is 2.99. The van der Waals surface area contributed by atoms with Crippen LogP contribution >= 0.6 is 0 Å². The van der Waals surface area contributed by atoms with Gasteiger partial charge in [0.05, 0.1) is 7.11 Å². The fraction of sp³-hybridized carbons (Fsp3) is 0.312. The maximum Gasteiger partial charge on any atom is 0.119 e. The van der Waals surface area contributed by atoms with E-state index in [1.807, 2.05) is 18.3 Å².